The number of amides is 1. The van der Waals surface area contributed by atoms with Crippen LogP contribution in [0.1, 0.15) is 27.7 Å². The van der Waals surface area contributed by atoms with Crippen LogP contribution in [0.2, 0.25) is 0 Å². The number of carbonyl (C=O) groups is 1. The van der Waals surface area contributed by atoms with Crippen molar-refractivity contribution in [3.63, 3.8) is 0 Å². The van der Waals surface area contributed by atoms with Crippen LogP contribution in [0.5, 0.6) is 0 Å². The second-order valence-electron chi connectivity index (χ2n) is 5.63. The molecule has 1 amide bonds. The van der Waals surface area contributed by atoms with Crippen molar-refractivity contribution >= 4 is 22.4 Å². The first kappa shape index (κ1) is 15.6. The molecular weight excluding hydrogens is 284 g/mol. The van der Waals surface area contributed by atoms with Gasteiger partial charge in [-0.05, 0) is 18.1 Å². The summed E-state index contributed by atoms with van der Waals surface area (Å²) in [4.78, 5) is 18.2. The highest BCUT2D eigenvalue weighted by Gasteiger charge is 2.23. The Morgan fingerprint density at radius 1 is 1.29 bits per heavy atom. The third-order valence-electron chi connectivity index (χ3n) is 2.86. The third-order valence-corrected chi connectivity index (χ3v) is 3.86. The summed E-state index contributed by atoms with van der Waals surface area (Å²) in [5.74, 6) is 0.394. The van der Waals surface area contributed by atoms with E-state index in [1.165, 1.54) is 11.3 Å². The topological polar surface area (TPSA) is 59.0 Å². The van der Waals surface area contributed by atoms with Crippen molar-refractivity contribution in [2.24, 2.45) is 11.8 Å². The number of pyridine rings is 1. The van der Waals surface area contributed by atoms with E-state index in [0.717, 1.165) is 10.6 Å². The highest BCUT2D eigenvalue weighted by atomic mass is 32.1. The van der Waals surface area contributed by atoms with Gasteiger partial charge in [0.2, 0.25) is 11.0 Å². The maximum Gasteiger partial charge on any atom is 0.231 e. The average Bonchev–Trinajstić information content (AvgIpc) is 2.94. The lowest BCUT2D eigenvalue weighted by Crippen LogP contribution is -2.37. The quantitative estimate of drug-likeness (QED) is 0.851. The fourth-order valence-corrected chi connectivity index (χ4v) is 2.72. The first-order valence-corrected chi connectivity index (χ1v) is 7.86. The Hall–Kier alpha value is -1.82. The number of nitrogens with zero attached hydrogens (tertiary/aromatic N) is 4. The molecule has 0 unspecified atom stereocenters. The van der Waals surface area contributed by atoms with Gasteiger partial charge in [0.05, 0.1) is 0 Å². The Morgan fingerprint density at radius 3 is 2.62 bits per heavy atom. The summed E-state index contributed by atoms with van der Waals surface area (Å²) in [7, 11) is 0. The minimum Gasteiger partial charge on any atom is -0.286 e. The smallest absolute Gasteiger partial charge is 0.231 e. The molecule has 0 aromatic carbocycles. The zero-order valence-corrected chi connectivity index (χ0v) is 13.6. The van der Waals surface area contributed by atoms with E-state index in [1.54, 1.807) is 17.3 Å². The molecule has 2 aromatic rings. The van der Waals surface area contributed by atoms with Gasteiger partial charge in [-0.1, -0.05) is 39.0 Å². The van der Waals surface area contributed by atoms with Gasteiger partial charge in [0.15, 0.2) is 5.01 Å². The average molecular weight is 304 g/mol. The summed E-state index contributed by atoms with van der Waals surface area (Å²) in [5.41, 5.74) is 0.919. The molecule has 2 aromatic heterocycles. The van der Waals surface area contributed by atoms with E-state index in [2.05, 4.69) is 29.0 Å². The normalized spacial score (nSPS) is 11.1. The third kappa shape index (κ3) is 3.85. The molecule has 5 nitrogen and oxygen atoms in total. The van der Waals surface area contributed by atoms with E-state index in [9.17, 15) is 4.79 Å². The molecule has 6 heteroatoms. The number of anilines is 1. The molecule has 112 valence electrons. The number of carbonyl (C=O) groups excluding carboxylic acids is 1. The summed E-state index contributed by atoms with van der Waals surface area (Å²) in [6.45, 7) is 8.63. The Labute approximate surface area is 129 Å². The van der Waals surface area contributed by atoms with Crippen LogP contribution in [0.15, 0.2) is 24.5 Å². The molecule has 0 aliphatic rings. The molecule has 21 heavy (non-hydrogen) atoms. The molecule has 0 aliphatic heterocycles. The lowest BCUT2D eigenvalue weighted by Gasteiger charge is -2.23. The molecule has 0 atom stereocenters. The molecule has 0 fully saturated rings. The molecular formula is C15H20N4OS. The van der Waals surface area contributed by atoms with Crippen LogP contribution in [0.4, 0.5) is 5.13 Å². The Kier molecular flexibility index (Phi) is 5.01. The van der Waals surface area contributed by atoms with Crippen LogP contribution >= 0.6 is 11.3 Å². The van der Waals surface area contributed by atoms with Crippen molar-refractivity contribution in [3.05, 3.63) is 24.5 Å². The largest absolute Gasteiger partial charge is 0.286 e. The van der Waals surface area contributed by atoms with Crippen molar-refractivity contribution < 1.29 is 4.79 Å². The second-order valence-corrected chi connectivity index (χ2v) is 6.58. The summed E-state index contributed by atoms with van der Waals surface area (Å²) >= 11 is 1.42. The van der Waals surface area contributed by atoms with Gasteiger partial charge < -0.3 is 0 Å². The van der Waals surface area contributed by atoms with Crippen molar-refractivity contribution in [2.75, 3.05) is 11.4 Å². The minimum absolute atomic E-state index is 0.0607. The van der Waals surface area contributed by atoms with Crippen LogP contribution in [0.3, 0.4) is 0 Å². The standard InChI is InChI=1S/C15H20N4OS/c1-10(2)9-19(14(20)11(3)4)15-18-17-13(21-15)12-6-5-7-16-8-12/h5-8,10-11H,9H2,1-4H3. The van der Waals surface area contributed by atoms with Gasteiger partial charge in [0.25, 0.3) is 0 Å². The molecule has 0 saturated carbocycles. The van der Waals surface area contributed by atoms with E-state index in [-0.39, 0.29) is 11.8 Å². The molecule has 0 N–H and O–H groups in total. The van der Waals surface area contributed by atoms with E-state index < -0.39 is 0 Å². The summed E-state index contributed by atoms with van der Waals surface area (Å²) < 4.78 is 0. The van der Waals surface area contributed by atoms with Crippen LogP contribution in [0, 0.1) is 11.8 Å². The highest BCUT2D eigenvalue weighted by Crippen LogP contribution is 2.29. The molecule has 0 aliphatic carbocycles. The van der Waals surface area contributed by atoms with Crippen LogP contribution in [-0.2, 0) is 4.79 Å². The molecule has 2 heterocycles. The number of hydrogen-bond acceptors (Lipinski definition) is 5. The highest BCUT2D eigenvalue weighted by molar-refractivity contribution is 7.18. The monoisotopic (exact) mass is 304 g/mol. The van der Waals surface area contributed by atoms with Crippen molar-refractivity contribution in [1.29, 1.82) is 0 Å². The molecule has 0 radical (unpaired) electrons. The van der Waals surface area contributed by atoms with Gasteiger partial charge in [-0.3, -0.25) is 14.7 Å². The number of hydrogen-bond donors (Lipinski definition) is 0. The van der Waals surface area contributed by atoms with Crippen molar-refractivity contribution in [3.8, 4) is 10.6 Å². The SMILES string of the molecule is CC(C)CN(C(=O)C(C)C)c1nnc(-c2cccnc2)s1. The van der Waals surface area contributed by atoms with E-state index >= 15 is 0 Å². The zero-order chi connectivity index (χ0) is 15.4. The molecule has 0 saturated heterocycles. The second kappa shape index (κ2) is 6.76. The lowest BCUT2D eigenvalue weighted by molar-refractivity contribution is -0.121. The van der Waals surface area contributed by atoms with Gasteiger partial charge in [-0.2, -0.15) is 0 Å². The molecule has 2 rings (SSSR count). The fourth-order valence-electron chi connectivity index (χ4n) is 1.87. The minimum atomic E-state index is -0.0607. The molecule has 0 spiro atoms. The van der Waals surface area contributed by atoms with Gasteiger partial charge in [-0.15, -0.1) is 10.2 Å². The first-order chi connectivity index (χ1) is 9.99. The van der Waals surface area contributed by atoms with E-state index in [0.29, 0.717) is 17.6 Å². The lowest BCUT2D eigenvalue weighted by atomic mass is 10.1. The Balaban J connectivity index is 2.29. The van der Waals surface area contributed by atoms with E-state index in [1.807, 2.05) is 26.0 Å². The Bertz CT molecular complexity index is 595. The van der Waals surface area contributed by atoms with Gasteiger partial charge in [-0.25, -0.2) is 0 Å². The van der Waals surface area contributed by atoms with Crippen LogP contribution in [-0.4, -0.2) is 27.6 Å². The van der Waals surface area contributed by atoms with Crippen LogP contribution in [0.25, 0.3) is 10.6 Å². The van der Waals surface area contributed by atoms with Crippen molar-refractivity contribution in [1.82, 2.24) is 15.2 Å². The predicted molar refractivity (Wildman–Crippen MR) is 85.2 cm³/mol. The van der Waals surface area contributed by atoms with Crippen molar-refractivity contribution in [2.45, 2.75) is 27.7 Å². The maximum atomic E-state index is 12.4. The van der Waals surface area contributed by atoms with Gasteiger partial charge in [0.1, 0.15) is 0 Å². The summed E-state index contributed by atoms with van der Waals surface area (Å²) in [6, 6.07) is 3.80. The fraction of sp³-hybridized carbons (Fsp3) is 0.467. The summed E-state index contributed by atoms with van der Waals surface area (Å²) in [6.07, 6.45) is 3.47. The predicted octanol–water partition coefficient (Wildman–Crippen LogP) is 3.25. The maximum absolute atomic E-state index is 12.4. The first-order valence-electron chi connectivity index (χ1n) is 7.04. The molecule has 0 bridgehead atoms. The van der Waals surface area contributed by atoms with Gasteiger partial charge in [0, 0.05) is 30.4 Å². The van der Waals surface area contributed by atoms with Gasteiger partial charge >= 0.3 is 0 Å². The number of rotatable bonds is 5. The van der Waals surface area contributed by atoms with Crippen LogP contribution < -0.4 is 4.90 Å². The zero-order valence-electron chi connectivity index (χ0n) is 12.8. The number of aromatic nitrogens is 3. The summed E-state index contributed by atoms with van der Waals surface area (Å²) in [5, 5.41) is 9.82. The van der Waals surface area contributed by atoms with E-state index in [4.69, 9.17) is 0 Å². The Morgan fingerprint density at radius 2 is 2.05 bits per heavy atom.